The third-order valence-corrected chi connectivity index (χ3v) is 7.88. The predicted octanol–water partition coefficient (Wildman–Crippen LogP) is 3.20. The molecule has 2 amide bonds. The number of aryl methyl sites for hydroxylation is 1. The second-order valence-corrected chi connectivity index (χ2v) is 10.8. The molecule has 0 unspecified atom stereocenters. The summed E-state index contributed by atoms with van der Waals surface area (Å²) in [4.78, 5) is 32.9. The van der Waals surface area contributed by atoms with Crippen molar-refractivity contribution in [3.63, 3.8) is 0 Å². The molecule has 6 rings (SSSR count). The molecule has 1 atom stereocenters. The maximum absolute atomic E-state index is 13.4. The molecule has 1 fully saturated rings. The molecule has 1 N–H and O–H groups in total. The fourth-order valence-corrected chi connectivity index (χ4v) is 5.73. The van der Waals surface area contributed by atoms with Crippen molar-refractivity contribution in [1.82, 2.24) is 24.6 Å². The number of anilines is 1. The summed E-state index contributed by atoms with van der Waals surface area (Å²) < 4.78 is 13.1. The summed E-state index contributed by atoms with van der Waals surface area (Å²) in [5.74, 6) is 2.29. The van der Waals surface area contributed by atoms with Crippen molar-refractivity contribution in [3.8, 4) is 17.3 Å². The Hall–Kier alpha value is -3.79. The van der Waals surface area contributed by atoms with Gasteiger partial charge in [0.2, 0.25) is 5.91 Å². The maximum Gasteiger partial charge on any atom is 0.260 e. The van der Waals surface area contributed by atoms with Gasteiger partial charge in [0, 0.05) is 31.7 Å². The highest BCUT2D eigenvalue weighted by atomic mass is 16.5. The van der Waals surface area contributed by atoms with Gasteiger partial charge in [-0.1, -0.05) is 6.07 Å². The first-order valence-electron chi connectivity index (χ1n) is 13.1. The van der Waals surface area contributed by atoms with Crippen LogP contribution >= 0.6 is 0 Å². The van der Waals surface area contributed by atoms with Crippen LogP contribution in [-0.4, -0.2) is 63.3 Å². The standard InChI is InChI=1S/C28H32N6O4/c1-28(2)10-7-24-31-32-25(34(24)28)21-5-4-6-23(29-21)30-26(35)20-13-19-15-33(27(36)18-9-12-38-16-18)11-8-17(19)14-22(20)37-3/h4-6,13-14,18H,7-12,15-16H2,1-3H3,(H,29,30,35)/t18-/m1/s1. The van der Waals surface area contributed by atoms with Gasteiger partial charge in [-0.3, -0.25) is 9.59 Å². The first-order chi connectivity index (χ1) is 18.3. The topological polar surface area (TPSA) is 111 Å². The highest BCUT2D eigenvalue weighted by Crippen LogP contribution is 2.35. The van der Waals surface area contributed by atoms with E-state index in [1.165, 1.54) is 0 Å². The van der Waals surface area contributed by atoms with Crippen LogP contribution in [0.4, 0.5) is 5.82 Å². The van der Waals surface area contributed by atoms with Crippen LogP contribution < -0.4 is 10.1 Å². The van der Waals surface area contributed by atoms with Crippen LogP contribution in [0.3, 0.4) is 0 Å². The fraction of sp³-hybridized carbons (Fsp3) is 0.464. The number of methoxy groups -OCH3 is 1. The Morgan fingerprint density at radius 1 is 1.16 bits per heavy atom. The third kappa shape index (κ3) is 4.32. The molecule has 0 aliphatic carbocycles. The van der Waals surface area contributed by atoms with Crippen molar-refractivity contribution in [1.29, 1.82) is 0 Å². The number of ether oxygens (including phenoxy) is 2. The van der Waals surface area contributed by atoms with E-state index in [2.05, 4.69) is 38.9 Å². The van der Waals surface area contributed by atoms with Crippen LogP contribution in [0.15, 0.2) is 30.3 Å². The Labute approximate surface area is 221 Å². The molecule has 0 spiro atoms. The molecule has 3 aromatic rings. The Balaban J connectivity index is 1.24. The quantitative estimate of drug-likeness (QED) is 0.554. The normalized spacial score (nSPS) is 19.7. The Morgan fingerprint density at radius 3 is 2.82 bits per heavy atom. The SMILES string of the molecule is COc1cc2c(cc1C(=O)Nc1cccc(-c3nnc4n3C(C)(C)CC4)n1)CN(C(=O)[C@@H]1CCOC1)CC2. The van der Waals surface area contributed by atoms with Crippen LogP contribution in [0, 0.1) is 5.92 Å². The van der Waals surface area contributed by atoms with E-state index in [-0.39, 0.29) is 23.3 Å². The first-order valence-corrected chi connectivity index (χ1v) is 13.1. The highest BCUT2D eigenvalue weighted by molar-refractivity contribution is 6.06. The fourth-order valence-electron chi connectivity index (χ4n) is 5.73. The monoisotopic (exact) mass is 516 g/mol. The largest absolute Gasteiger partial charge is 0.496 e. The lowest BCUT2D eigenvalue weighted by atomic mass is 9.95. The van der Waals surface area contributed by atoms with Crippen LogP contribution in [-0.2, 0) is 34.5 Å². The molecule has 3 aliphatic heterocycles. The Morgan fingerprint density at radius 2 is 2.03 bits per heavy atom. The number of aromatic nitrogens is 4. The minimum Gasteiger partial charge on any atom is -0.496 e. The molecule has 0 saturated carbocycles. The second-order valence-electron chi connectivity index (χ2n) is 10.8. The van der Waals surface area contributed by atoms with E-state index in [1.807, 2.05) is 29.2 Å². The molecule has 198 valence electrons. The molecule has 3 aliphatic rings. The number of amides is 2. The number of fused-ring (bicyclic) bond motifs is 2. The molecule has 1 aromatic carbocycles. The molecule has 10 heteroatoms. The summed E-state index contributed by atoms with van der Waals surface area (Å²) in [6.45, 7) is 6.57. The number of hydrogen-bond donors (Lipinski definition) is 1. The molecule has 10 nitrogen and oxygen atoms in total. The van der Waals surface area contributed by atoms with Crippen molar-refractivity contribution in [2.75, 3.05) is 32.2 Å². The first kappa shape index (κ1) is 24.5. The Bertz CT molecular complexity index is 1410. The molecular weight excluding hydrogens is 484 g/mol. The van der Waals surface area contributed by atoms with E-state index >= 15 is 0 Å². The average molecular weight is 517 g/mol. The van der Waals surface area contributed by atoms with Crippen molar-refractivity contribution in [3.05, 3.63) is 52.8 Å². The number of nitrogens with one attached hydrogen (secondary N) is 1. The number of carbonyl (C=O) groups is 2. The average Bonchev–Trinajstić information content (AvgIpc) is 3.67. The van der Waals surface area contributed by atoms with E-state index in [0.717, 1.165) is 42.6 Å². The van der Waals surface area contributed by atoms with Gasteiger partial charge in [0.1, 0.15) is 23.1 Å². The summed E-state index contributed by atoms with van der Waals surface area (Å²) in [6, 6.07) is 9.23. The van der Waals surface area contributed by atoms with Gasteiger partial charge in [0.25, 0.3) is 5.91 Å². The second kappa shape index (κ2) is 9.50. The zero-order valence-corrected chi connectivity index (χ0v) is 22.0. The van der Waals surface area contributed by atoms with Gasteiger partial charge in [0.05, 0.1) is 25.2 Å². The van der Waals surface area contributed by atoms with Crippen LogP contribution in [0.5, 0.6) is 5.75 Å². The summed E-state index contributed by atoms with van der Waals surface area (Å²) in [5, 5.41) is 11.7. The zero-order chi connectivity index (χ0) is 26.4. The third-order valence-electron chi connectivity index (χ3n) is 7.88. The lowest BCUT2D eigenvalue weighted by molar-refractivity contribution is -0.136. The van der Waals surface area contributed by atoms with Gasteiger partial charge in [-0.2, -0.15) is 0 Å². The van der Waals surface area contributed by atoms with E-state index in [0.29, 0.717) is 55.0 Å². The van der Waals surface area contributed by atoms with E-state index in [4.69, 9.17) is 9.47 Å². The molecule has 2 aromatic heterocycles. The lowest BCUT2D eigenvalue weighted by Crippen LogP contribution is -2.40. The van der Waals surface area contributed by atoms with Crippen molar-refractivity contribution < 1.29 is 19.1 Å². The van der Waals surface area contributed by atoms with Gasteiger partial charge >= 0.3 is 0 Å². The smallest absolute Gasteiger partial charge is 0.260 e. The minimum atomic E-state index is -0.325. The number of pyridine rings is 1. The Kier molecular flexibility index (Phi) is 6.14. The molecule has 5 heterocycles. The number of hydrogen-bond acceptors (Lipinski definition) is 7. The van der Waals surface area contributed by atoms with Crippen molar-refractivity contribution in [2.24, 2.45) is 5.92 Å². The summed E-state index contributed by atoms with van der Waals surface area (Å²) in [6.07, 6.45) is 3.36. The number of nitrogens with zero attached hydrogens (tertiary/aromatic N) is 5. The van der Waals surface area contributed by atoms with Gasteiger partial charge in [-0.15, -0.1) is 10.2 Å². The number of rotatable bonds is 5. The van der Waals surface area contributed by atoms with Gasteiger partial charge in [-0.25, -0.2) is 4.98 Å². The summed E-state index contributed by atoms with van der Waals surface area (Å²) in [5.41, 5.74) is 3.01. The lowest BCUT2D eigenvalue weighted by Gasteiger charge is -2.31. The predicted molar refractivity (Wildman–Crippen MR) is 140 cm³/mol. The maximum atomic E-state index is 13.4. The number of benzene rings is 1. The molecule has 1 saturated heterocycles. The minimum absolute atomic E-state index is 0.0759. The number of carbonyl (C=O) groups excluding carboxylic acids is 2. The summed E-state index contributed by atoms with van der Waals surface area (Å²) >= 11 is 0. The molecule has 0 radical (unpaired) electrons. The molecule has 38 heavy (non-hydrogen) atoms. The van der Waals surface area contributed by atoms with Gasteiger partial charge in [-0.05, 0) is 68.5 Å². The molecular formula is C28H32N6O4. The molecule has 0 bridgehead atoms. The van der Waals surface area contributed by atoms with E-state index < -0.39 is 0 Å². The van der Waals surface area contributed by atoms with Gasteiger partial charge in [0.15, 0.2) is 5.82 Å². The van der Waals surface area contributed by atoms with Crippen LogP contribution in [0.2, 0.25) is 0 Å². The van der Waals surface area contributed by atoms with Gasteiger partial charge < -0.3 is 24.3 Å². The van der Waals surface area contributed by atoms with Crippen molar-refractivity contribution >= 4 is 17.6 Å². The van der Waals surface area contributed by atoms with Crippen LogP contribution in [0.1, 0.15) is 54.0 Å². The van der Waals surface area contributed by atoms with Crippen LogP contribution in [0.25, 0.3) is 11.5 Å². The van der Waals surface area contributed by atoms with E-state index in [9.17, 15) is 9.59 Å². The highest BCUT2D eigenvalue weighted by Gasteiger charge is 2.34. The summed E-state index contributed by atoms with van der Waals surface area (Å²) in [7, 11) is 1.56. The van der Waals surface area contributed by atoms with E-state index in [1.54, 1.807) is 13.2 Å². The van der Waals surface area contributed by atoms with Crippen molar-refractivity contribution in [2.45, 2.75) is 51.6 Å². The zero-order valence-electron chi connectivity index (χ0n) is 22.0.